The number of rotatable bonds is 2. The van der Waals surface area contributed by atoms with Gasteiger partial charge in [0.25, 0.3) is 0 Å². The van der Waals surface area contributed by atoms with E-state index in [-0.39, 0.29) is 13.1 Å². The average molecular weight is 452 g/mol. The van der Waals surface area contributed by atoms with Crippen LogP contribution in [-0.4, -0.2) is 41.4 Å². The first-order valence-electron chi connectivity index (χ1n) is 8.76. The lowest BCUT2D eigenvalue weighted by molar-refractivity contribution is -0.0229. The lowest BCUT2D eigenvalue weighted by Crippen LogP contribution is -2.69. The van der Waals surface area contributed by atoms with E-state index in [0.717, 1.165) is 0 Å². The second kappa shape index (κ2) is 7.81. The first-order valence-corrected chi connectivity index (χ1v) is 9.89. The number of nitrogens with zero attached hydrogens (tertiary/aromatic N) is 1. The lowest BCUT2D eigenvalue weighted by Gasteiger charge is -2.50. The van der Waals surface area contributed by atoms with Gasteiger partial charge < -0.3 is 19.7 Å². The van der Waals surface area contributed by atoms with Crippen LogP contribution in [0.1, 0.15) is 47.1 Å². The minimum absolute atomic E-state index is 0.152. The molecule has 28 heavy (non-hydrogen) atoms. The number of carbonyl (C=O) groups excluding carboxylic acids is 2. The summed E-state index contributed by atoms with van der Waals surface area (Å²) in [4.78, 5) is 26.3. The van der Waals surface area contributed by atoms with Crippen molar-refractivity contribution in [3.63, 3.8) is 0 Å². The van der Waals surface area contributed by atoms with Crippen molar-refractivity contribution in [2.45, 2.75) is 58.3 Å². The zero-order valence-corrected chi connectivity index (χ0v) is 19.1. The van der Waals surface area contributed by atoms with Crippen molar-refractivity contribution in [3.8, 4) is 0 Å². The molecule has 0 bridgehead atoms. The van der Waals surface area contributed by atoms with Gasteiger partial charge in [0.15, 0.2) is 0 Å². The molecule has 1 aromatic rings. The van der Waals surface area contributed by atoms with Crippen molar-refractivity contribution in [2.75, 3.05) is 13.1 Å². The highest BCUT2D eigenvalue weighted by molar-refractivity contribution is 6.43. The molecule has 2 rings (SSSR count). The zero-order valence-electron chi connectivity index (χ0n) is 16.8. The molecular weight excluding hydrogens is 427 g/mol. The monoisotopic (exact) mass is 450 g/mol. The highest BCUT2D eigenvalue weighted by Crippen LogP contribution is 2.40. The molecule has 1 heterocycles. The highest BCUT2D eigenvalue weighted by atomic mass is 35.5. The van der Waals surface area contributed by atoms with Crippen molar-refractivity contribution in [2.24, 2.45) is 0 Å². The van der Waals surface area contributed by atoms with E-state index in [0.29, 0.717) is 20.6 Å². The normalized spacial score (nSPS) is 16.2. The minimum atomic E-state index is -0.968. The second-order valence-electron chi connectivity index (χ2n) is 8.79. The fourth-order valence-electron chi connectivity index (χ4n) is 2.77. The number of hydrogen-bond acceptors (Lipinski definition) is 4. The van der Waals surface area contributed by atoms with Gasteiger partial charge in [-0.15, -0.1) is 0 Å². The largest absolute Gasteiger partial charge is 0.444 e. The van der Waals surface area contributed by atoms with Gasteiger partial charge in [-0.05, 0) is 53.7 Å². The number of benzene rings is 1. The van der Waals surface area contributed by atoms with Gasteiger partial charge in [-0.1, -0.05) is 34.8 Å². The van der Waals surface area contributed by atoms with Gasteiger partial charge >= 0.3 is 12.2 Å². The molecule has 1 N–H and O–H groups in total. The van der Waals surface area contributed by atoms with E-state index in [1.54, 1.807) is 47.6 Å². The summed E-state index contributed by atoms with van der Waals surface area (Å²) in [7, 11) is 0. The summed E-state index contributed by atoms with van der Waals surface area (Å²) in [5.41, 5.74) is -1.73. The molecule has 9 heteroatoms. The summed E-state index contributed by atoms with van der Waals surface area (Å²) in [5.74, 6) is 0. The number of carbonyl (C=O) groups is 2. The number of hydrogen-bond donors (Lipinski definition) is 1. The van der Waals surface area contributed by atoms with E-state index in [1.165, 1.54) is 11.0 Å². The van der Waals surface area contributed by atoms with Gasteiger partial charge in [0.1, 0.15) is 16.7 Å². The molecule has 0 atom stereocenters. The maximum absolute atomic E-state index is 12.4. The topological polar surface area (TPSA) is 67.9 Å². The predicted molar refractivity (Wildman–Crippen MR) is 110 cm³/mol. The Morgan fingerprint density at radius 2 is 1.43 bits per heavy atom. The van der Waals surface area contributed by atoms with Gasteiger partial charge in [0.2, 0.25) is 0 Å². The van der Waals surface area contributed by atoms with Crippen molar-refractivity contribution in [1.29, 1.82) is 0 Å². The van der Waals surface area contributed by atoms with Gasteiger partial charge in [-0.25, -0.2) is 9.59 Å². The van der Waals surface area contributed by atoms with Crippen LogP contribution in [0.15, 0.2) is 12.1 Å². The third kappa shape index (κ3) is 5.58. The summed E-state index contributed by atoms with van der Waals surface area (Å²) in [5, 5.41) is 3.76. The smallest absolute Gasteiger partial charge is 0.410 e. The molecule has 0 radical (unpaired) electrons. The van der Waals surface area contributed by atoms with Crippen LogP contribution in [0.4, 0.5) is 9.59 Å². The fourth-order valence-corrected chi connectivity index (χ4v) is 3.49. The molecule has 1 aliphatic rings. The molecular formula is C19H25Cl3N2O4. The zero-order chi connectivity index (χ0) is 21.5. The molecule has 1 aliphatic heterocycles. The Morgan fingerprint density at radius 1 is 0.929 bits per heavy atom. The molecule has 0 unspecified atom stereocenters. The summed E-state index contributed by atoms with van der Waals surface area (Å²) < 4.78 is 10.8. The predicted octanol–water partition coefficient (Wildman–Crippen LogP) is 5.62. The molecule has 0 saturated carbocycles. The van der Waals surface area contributed by atoms with E-state index < -0.39 is 28.9 Å². The molecule has 1 fully saturated rings. The Hall–Kier alpha value is -1.37. The summed E-state index contributed by atoms with van der Waals surface area (Å²) in [6.45, 7) is 10.9. The number of halogens is 3. The first kappa shape index (κ1) is 22.9. The Balaban J connectivity index is 2.30. The van der Waals surface area contributed by atoms with E-state index in [4.69, 9.17) is 44.3 Å². The van der Waals surface area contributed by atoms with Crippen LogP contribution < -0.4 is 5.32 Å². The number of amides is 2. The molecule has 1 aromatic carbocycles. The number of alkyl carbamates (subject to hydrolysis) is 1. The Morgan fingerprint density at radius 3 is 1.93 bits per heavy atom. The van der Waals surface area contributed by atoms with Gasteiger partial charge in [0, 0.05) is 10.6 Å². The van der Waals surface area contributed by atoms with Crippen LogP contribution >= 0.6 is 34.8 Å². The quantitative estimate of drug-likeness (QED) is 0.593. The molecule has 0 aromatic heterocycles. The van der Waals surface area contributed by atoms with Gasteiger partial charge in [-0.2, -0.15) is 0 Å². The maximum Gasteiger partial charge on any atom is 0.410 e. The first-order chi connectivity index (χ1) is 12.6. The fraction of sp³-hybridized carbons (Fsp3) is 0.579. The molecule has 0 spiro atoms. The van der Waals surface area contributed by atoms with Crippen LogP contribution in [-0.2, 0) is 15.0 Å². The Labute approximate surface area is 180 Å². The standard InChI is InChI=1S/C19H25Cl3N2O4/c1-17(2,3)27-15(25)23-19(11-7-13(21)14(22)8-12(11)20)9-24(10-19)16(26)28-18(4,5)6/h7-8H,9-10H2,1-6H3,(H,23,25). The van der Waals surface area contributed by atoms with Gasteiger partial charge in [-0.3, -0.25) is 0 Å². The second-order valence-corrected chi connectivity index (χ2v) is 10.0. The van der Waals surface area contributed by atoms with Crippen LogP contribution in [0.3, 0.4) is 0 Å². The molecule has 0 aliphatic carbocycles. The lowest BCUT2D eigenvalue weighted by atomic mass is 9.82. The highest BCUT2D eigenvalue weighted by Gasteiger charge is 2.50. The van der Waals surface area contributed by atoms with Crippen molar-refractivity contribution >= 4 is 47.0 Å². The summed E-state index contributed by atoms with van der Waals surface area (Å²) >= 11 is 18.6. The van der Waals surface area contributed by atoms with Crippen molar-refractivity contribution in [3.05, 3.63) is 32.8 Å². The molecule has 156 valence electrons. The molecule has 2 amide bonds. The minimum Gasteiger partial charge on any atom is -0.444 e. The van der Waals surface area contributed by atoms with Crippen LogP contribution in [0.2, 0.25) is 15.1 Å². The Bertz CT molecular complexity index is 779. The average Bonchev–Trinajstić information content (AvgIpc) is 2.42. The van der Waals surface area contributed by atoms with Crippen molar-refractivity contribution in [1.82, 2.24) is 10.2 Å². The van der Waals surface area contributed by atoms with E-state index in [2.05, 4.69) is 5.32 Å². The Kier molecular flexibility index (Phi) is 6.39. The van der Waals surface area contributed by atoms with Crippen molar-refractivity contribution < 1.29 is 19.1 Å². The molecule has 6 nitrogen and oxygen atoms in total. The number of likely N-dealkylation sites (tertiary alicyclic amines) is 1. The van der Waals surface area contributed by atoms with E-state index >= 15 is 0 Å². The van der Waals surface area contributed by atoms with Crippen LogP contribution in [0, 0.1) is 0 Å². The number of ether oxygens (including phenoxy) is 2. The maximum atomic E-state index is 12.4. The summed E-state index contributed by atoms with van der Waals surface area (Å²) in [6, 6.07) is 3.10. The van der Waals surface area contributed by atoms with Gasteiger partial charge in [0.05, 0.1) is 23.1 Å². The molecule has 1 saturated heterocycles. The SMILES string of the molecule is CC(C)(C)OC(=O)NC1(c2cc(Cl)c(Cl)cc2Cl)CN(C(=O)OC(C)(C)C)C1. The number of nitrogens with one attached hydrogen (secondary N) is 1. The van der Waals surface area contributed by atoms with Crippen LogP contribution in [0.25, 0.3) is 0 Å². The third-order valence-electron chi connectivity index (χ3n) is 3.84. The van der Waals surface area contributed by atoms with Crippen LogP contribution in [0.5, 0.6) is 0 Å². The summed E-state index contributed by atoms with van der Waals surface area (Å²) in [6.07, 6.45) is -1.11. The third-order valence-corrected chi connectivity index (χ3v) is 4.87. The van der Waals surface area contributed by atoms with E-state index in [9.17, 15) is 9.59 Å². The van der Waals surface area contributed by atoms with E-state index in [1.807, 2.05) is 0 Å².